The molecule has 1 saturated heterocycles. The minimum atomic E-state index is -0.0333. The number of hydrogen-bond donors (Lipinski definition) is 0. The molecule has 1 fully saturated rings. The predicted octanol–water partition coefficient (Wildman–Crippen LogP) is 0.661. The third kappa shape index (κ3) is 2.90. The largest absolute Gasteiger partial charge is 0.383 e. The molecule has 0 aliphatic carbocycles. The van der Waals surface area contributed by atoms with Crippen molar-refractivity contribution in [3.8, 4) is 0 Å². The molecule has 0 unspecified atom stereocenters. The van der Waals surface area contributed by atoms with Crippen LogP contribution in [0.3, 0.4) is 0 Å². The fraction of sp³-hybridized carbons (Fsp3) is 0.615. The molecule has 0 aromatic carbocycles. The number of hydrogen-bond acceptors (Lipinski definition) is 5. The van der Waals surface area contributed by atoms with Crippen LogP contribution in [0.4, 0.5) is 0 Å². The molecule has 0 spiro atoms. The zero-order chi connectivity index (χ0) is 13.8. The van der Waals surface area contributed by atoms with Crippen LogP contribution in [-0.4, -0.2) is 60.5 Å². The van der Waals surface area contributed by atoms with Crippen molar-refractivity contribution < 1.29 is 14.3 Å². The Morgan fingerprint density at radius 3 is 2.95 bits per heavy atom. The Labute approximate surface area is 112 Å². The molecule has 6 nitrogen and oxygen atoms in total. The fourth-order valence-corrected chi connectivity index (χ4v) is 2.43. The number of aromatic nitrogens is 2. The van der Waals surface area contributed by atoms with Crippen molar-refractivity contribution in [1.82, 2.24) is 15.1 Å². The zero-order valence-corrected chi connectivity index (χ0v) is 11.5. The summed E-state index contributed by atoms with van der Waals surface area (Å²) in [7, 11) is 3.31. The SMILES string of the molecule is COC[C@@H]1C[C@@H](OC)CN1C(=O)c1ccnnc1C. The summed E-state index contributed by atoms with van der Waals surface area (Å²) in [5, 5.41) is 7.69. The lowest BCUT2D eigenvalue weighted by atomic mass is 10.1. The first-order valence-corrected chi connectivity index (χ1v) is 6.28. The van der Waals surface area contributed by atoms with E-state index in [1.165, 1.54) is 6.20 Å². The third-order valence-corrected chi connectivity index (χ3v) is 3.47. The maximum Gasteiger partial charge on any atom is 0.256 e. The van der Waals surface area contributed by atoms with Crippen LogP contribution in [0.5, 0.6) is 0 Å². The Morgan fingerprint density at radius 1 is 1.53 bits per heavy atom. The number of ether oxygens (including phenoxy) is 2. The van der Waals surface area contributed by atoms with Gasteiger partial charge in [0.25, 0.3) is 5.91 Å². The standard InChI is InChI=1S/C13H19N3O3/c1-9-12(4-5-14-15-9)13(17)16-7-11(19-3)6-10(16)8-18-2/h4-5,10-11H,6-8H2,1-3H3/t10-,11+/m0/s1. The molecule has 104 valence electrons. The molecule has 1 aromatic heterocycles. The molecule has 1 amide bonds. The van der Waals surface area contributed by atoms with E-state index >= 15 is 0 Å². The number of carbonyl (C=O) groups is 1. The zero-order valence-electron chi connectivity index (χ0n) is 11.5. The molecule has 0 radical (unpaired) electrons. The summed E-state index contributed by atoms with van der Waals surface area (Å²) in [4.78, 5) is 14.4. The van der Waals surface area contributed by atoms with Crippen LogP contribution >= 0.6 is 0 Å². The monoisotopic (exact) mass is 265 g/mol. The second-order valence-corrected chi connectivity index (χ2v) is 4.69. The summed E-state index contributed by atoms with van der Waals surface area (Å²) < 4.78 is 10.5. The summed E-state index contributed by atoms with van der Waals surface area (Å²) in [6.45, 7) is 2.89. The Kier molecular flexibility index (Phi) is 4.44. The summed E-state index contributed by atoms with van der Waals surface area (Å²) >= 11 is 0. The van der Waals surface area contributed by atoms with Gasteiger partial charge in [0.05, 0.1) is 36.2 Å². The van der Waals surface area contributed by atoms with Crippen molar-refractivity contribution in [3.63, 3.8) is 0 Å². The van der Waals surface area contributed by atoms with Crippen LogP contribution < -0.4 is 0 Å². The average molecular weight is 265 g/mol. The summed E-state index contributed by atoms with van der Waals surface area (Å²) in [6.07, 6.45) is 2.41. The molecule has 0 saturated carbocycles. The van der Waals surface area contributed by atoms with Crippen molar-refractivity contribution in [2.24, 2.45) is 0 Å². The van der Waals surface area contributed by atoms with Gasteiger partial charge in [0, 0.05) is 20.8 Å². The summed E-state index contributed by atoms with van der Waals surface area (Å²) in [5.74, 6) is -0.0333. The molecule has 6 heteroatoms. The number of carbonyl (C=O) groups excluding carboxylic acids is 1. The van der Waals surface area contributed by atoms with Crippen molar-refractivity contribution in [1.29, 1.82) is 0 Å². The molecular weight excluding hydrogens is 246 g/mol. The van der Waals surface area contributed by atoms with Gasteiger partial charge >= 0.3 is 0 Å². The molecule has 2 rings (SSSR count). The van der Waals surface area contributed by atoms with E-state index in [2.05, 4.69) is 10.2 Å². The Morgan fingerprint density at radius 2 is 2.32 bits per heavy atom. The normalized spacial score (nSPS) is 22.8. The smallest absolute Gasteiger partial charge is 0.256 e. The van der Waals surface area contributed by atoms with Crippen LogP contribution in [0.1, 0.15) is 22.5 Å². The lowest BCUT2D eigenvalue weighted by Gasteiger charge is -2.24. The first kappa shape index (κ1) is 13.9. The molecule has 0 N–H and O–H groups in total. The average Bonchev–Trinajstić information content (AvgIpc) is 2.82. The van der Waals surface area contributed by atoms with E-state index in [1.54, 1.807) is 27.2 Å². The number of methoxy groups -OCH3 is 2. The number of amides is 1. The molecule has 2 heterocycles. The Hall–Kier alpha value is -1.53. The van der Waals surface area contributed by atoms with Crippen LogP contribution in [-0.2, 0) is 9.47 Å². The van der Waals surface area contributed by atoms with Crippen LogP contribution in [0, 0.1) is 6.92 Å². The molecule has 1 aliphatic heterocycles. The first-order valence-electron chi connectivity index (χ1n) is 6.28. The van der Waals surface area contributed by atoms with Gasteiger partial charge < -0.3 is 14.4 Å². The van der Waals surface area contributed by atoms with E-state index in [0.717, 1.165) is 6.42 Å². The lowest BCUT2D eigenvalue weighted by molar-refractivity contribution is 0.0611. The fourth-order valence-electron chi connectivity index (χ4n) is 2.43. The Balaban J connectivity index is 2.19. The maximum absolute atomic E-state index is 12.6. The quantitative estimate of drug-likeness (QED) is 0.800. The third-order valence-electron chi connectivity index (χ3n) is 3.47. The highest BCUT2D eigenvalue weighted by atomic mass is 16.5. The molecule has 1 aliphatic rings. The number of aryl methyl sites for hydroxylation is 1. The highest BCUT2D eigenvalue weighted by Crippen LogP contribution is 2.23. The van der Waals surface area contributed by atoms with E-state index in [-0.39, 0.29) is 18.1 Å². The van der Waals surface area contributed by atoms with Gasteiger partial charge in [-0.05, 0) is 19.4 Å². The van der Waals surface area contributed by atoms with E-state index < -0.39 is 0 Å². The highest BCUT2D eigenvalue weighted by Gasteiger charge is 2.36. The second kappa shape index (κ2) is 6.08. The van der Waals surface area contributed by atoms with Gasteiger partial charge in [0.1, 0.15) is 0 Å². The minimum absolute atomic E-state index is 0.0333. The summed E-state index contributed by atoms with van der Waals surface area (Å²) in [6, 6.07) is 1.75. The van der Waals surface area contributed by atoms with Gasteiger partial charge in [-0.25, -0.2) is 0 Å². The molecular formula is C13H19N3O3. The van der Waals surface area contributed by atoms with E-state index in [0.29, 0.717) is 24.4 Å². The summed E-state index contributed by atoms with van der Waals surface area (Å²) in [5.41, 5.74) is 1.23. The number of nitrogens with zero attached hydrogens (tertiary/aromatic N) is 3. The van der Waals surface area contributed by atoms with Crippen LogP contribution in [0.2, 0.25) is 0 Å². The van der Waals surface area contributed by atoms with Crippen molar-refractivity contribution in [2.45, 2.75) is 25.5 Å². The van der Waals surface area contributed by atoms with Gasteiger partial charge in [-0.3, -0.25) is 4.79 Å². The molecule has 19 heavy (non-hydrogen) atoms. The molecule has 1 aromatic rings. The molecule has 2 atom stereocenters. The lowest BCUT2D eigenvalue weighted by Crippen LogP contribution is -2.38. The number of rotatable bonds is 4. The van der Waals surface area contributed by atoms with Gasteiger partial charge in [0.15, 0.2) is 0 Å². The first-order chi connectivity index (χ1) is 9.17. The molecule has 0 bridgehead atoms. The van der Waals surface area contributed by atoms with Gasteiger partial charge in [-0.15, -0.1) is 0 Å². The van der Waals surface area contributed by atoms with E-state index in [1.807, 2.05) is 4.90 Å². The van der Waals surface area contributed by atoms with Crippen molar-refractivity contribution in [3.05, 3.63) is 23.5 Å². The maximum atomic E-state index is 12.6. The van der Waals surface area contributed by atoms with Crippen molar-refractivity contribution in [2.75, 3.05) is 27.4 Å². The van der Waals surface area contributed by atoms with Crippen molar-refractivity contribution >= 4 is 5.91 Å². The van der Waals surface area contributed by atoms with Gasteiger partial charge in [0.2, 0.25) is 0 Å². The van der Waals surface area contributed by atoms with Crippen LogP contribution in [0.25, 0.3) is 0 Å². The number of likely N-dealkylation sites (tertiary alicyclic amines) is 1. The predicted molar refractivity (Wildman–Crippen MR) is 68.9 cm³/mol. The van der Waals surface area contributed by atoms with E-state index in [9.17, 15) is 4.79 Å². The van der Waals surface area contributed by atoms with Crippen LogP contribution in [0.15, 0.2) is 12.3 Å². The Bertz CT molecular complexity index is 453. The van der Waals surface area contributed by atoms with Gasteiger partial charge in [-0.2, -0.15) is 10.2 Å². The highest BCUT2D eigenvalue weighted by molar-refractivity contribution is 5.95. The van der Waals surface area contributed by atoms with Gasteiger partial charge in [-0.1, -0.05) is 0 Å². The minimum Gasteiger partial charge on any atom is -0.383 e. The van der Waals surface area contributed by atoms with E-state index in [4.69, 9.17) is 9.47 Å². The topological polar surface area (TPSA) is 64.6 Å². The second-order valence-electron chi connectivity index (χ2n) is 4.69.